The van der Waals surface area contributed by atoms with Crippen LogP contribution >= 0.6 is 11.3 Å². The van der Waals surface area contributed by atoms with Crippen LogP contribution < -0.4 is 5.32 Å². The molecular formula is C10H16N2O2S. The number of aromatic nitrogens is 1. The molecule has 0 aliphatic rings. The lowest BCUT2D eigenvalue weighted by atomic mass is 10.3. The number of hydrogen-bond acceptors (Lipinski definition) is 4. The second kappa shape index (κ2) is 5.70. The standard InChI is InChI=1S/C10H16N2O2S/c1-7(2)14-10(13)11-5-4-9-6-15-8(3)12-9/h6-7H,4-5H2,1-3H3,(H,11,13). The maximum absolute atomic E-state index is 11.1. The highest BCUT2D eigenvalue weighted by Gasteiger charge is 2.04. The second-order valence-electron chi connectivity index (χ2n) is 3.49. The van der Waals surface area contributed by atoms with Gasteiger partial charge in [-0.25, -0.2) is 9.78 Å². The topological polar surface area (TPSA) is 51.2 Å². The van der Waals surface area contributed by atoms with Crippen molar-refractivity contribution in [1.82, 2.24) is 10.3 Å². The van der Waals surface area contributed by atoms with Crippen LogP contribution in [0, 0.1) is 6.92 Å². The van der Waals surface area contributed by atoms with Crippen molar-refractivity contribution < 1.29 is 9.53 Å². The minimum atomic E-state index is -0.364. The van der Waals surface area contributed by atoms with Gasteiger partial charge in [0.05, 0.1) is 16.8 Å². The number of rotatable bonds is 4. The first-order chi connectivity index (χ1) is 7.08. The number of amides is 1. The van der Waals surface area contributed by atoms with Crippen molar-refractivity contribution in [3.05, 3.63) is 16.1 Å². The molecule has 1 N–H and O–H groups in total. The van der Waals surface area contributed by atoms with E-state index in [1.807, 2.05) is 26.2 Å². The minimum absolute atomic E-state index is 0.0773. The van der Waals surface area contributed by atoms with E-state index in [0.29, 0.717) is 6.54 Å². The molecule has 0 unspecified atom stereocenters. The largest absolute Gasteiger partial charge is 0.447 e. The van der Waals surface area contributed by atoms with Gasteiger partial charge in [-0.05, 0) is 20.8 Å². The smallest absolute Gasteiger partial charge is 0.407 e. The number of hydrogen-bond donors (Lipinski definition) is 1. The third-order valence-corrected chi connectivity index (χ3v) is 2.48. The van der Waals surface area contributed by atoms with Crippen LogP contribution in [-0.2, 0) is 11.2 Å². The molecule has 5 heteroatoms. The van der Waals surface area contributed by atoms with Crippen LogP contribution in [0.4, 0.5) is 4.79 Å². The predicted molar refractivity (Wildman–Crippen MR) is 60.2 cm³/mol. The van der Waals surface area contributed by atoms with Crippen LogP contribution in [0.15, 0.2) is 5.38 Å². The fourth-order valence-corrected chi connectivity index (χ4v) is 1.72. The van der Waals surface area contributed by atoms with Crippen LogP contribution in [0.5, 0.6) is 0 Å². The van der Waals surface area contributed by atoms with Crippen LogP contribution in [-0.4, -0.2) is 23.7 Å². The molecule has 15 heavy (non-hydrogen) atoms. The summed E-state index contributed by atoms with van der Waals surface area (Å²) in [6.07, 6.45) is 0.306. The van der Waals surface area contributed by atoms with Crippen molar-refractivity contribution in [1.29, 1.82) is 0 Å². The van der Waals surface area contributed by atoms with Crippen LogP contribution in [0.3, 0.4) is 0 Å². The molecule has 0 radical (unpaired) electrons. The summed E-state index contributed by atoms with van der Waals surface area (Å²) in [5.74, 6) is 0. The Bertz CT molecular complexity index is 323. The summed E-state index contributed by atoms with van der Waals surface area (Å²) < 4.78 is 4.93. The van der Waals surface area contributed by atoms with Crippen molar-refractivity contribution in [2.45, 2.75) is 33.3 Å². The number of nitrogens with zero attached hydrogens (tertiary/aromatic N) is 1. The number of nitrogens with one attached hydrogen (secondary N) is 1. The molecular weight excluding hydrogens is 212 g/mol. The number of carbonyl (C=O) groups excluding carboxylic acids is 1. The van der Waals surface area contributed by atoms with Crippen LogP contribution in [0.25, 0.3) is 0 Å². The number of carbonyl (C=O) groups is 1. The molecule has 4 nitrogen and oxygen atoms in total. The van der Waals surface area contributed by atoms with Gasteiger partial charge >= 0.3 is 6.09 Å². The summed E-state index contributed by atoms with van der Waals surface area (Å²) in [5.41, 5.74) is 1.02. The number of alkyl carbamates (subject to hydrolysis) is 1. The zero-order chi connectivity index (χ0) is 11.3. The van der Waals surface area contributed by atoms with Gasteiger partial charge < -0.3 is 10.1 Å². The fourth-order valence-electron chi connectivity index (χ4n) is 1.07. The number of aryl methyl sites for hydroxylation is 1. The third kappa shape index (κ3) is 4.78. The maximum Gasteiger partial charge on any atom is 0.407 e. The average Bonchev–Trinajstić information content (AvgIpc) is 2.50. The summed E-state index contributed by atoms with van der Waals surface area (Å²) in [5, 5.41) is 5.73. The van der Waals surface area contributed by atoms with Gasteiger partial charge in [0.15, 0.2) is 0 Å². The minimum Gasteiger partial charge on any atom is -0.447 e. The Morgan fingerprint density at radius 1 is 1.67 bits per heavy atom. The van der Waals surface area contributed by atoms with E-state index in [4.69, 9.17) is 4.74 Å². The molecule has 0 aliphatic heterocycles. The molecule has 0 saturated heterocycles. The molecule has 0 bridgehead atoms. The van der Waals surface area contributed by atoms with E-state index in [0.717, 1.165) is 17.1 Å². The molecule has 0 aliphatic carbocycles. The lowest BCUT2D eigenvalue weighted by Crippen LogP contribution is -2.28. The van der Waals surface area contributed by atoms with Crippen LogP contribution in [0.1, 0.15) is 24.5 Å². The van der Waals surface area contributed by atoms with Gasteiger partial charge in [-0.1, -0.05) is 0 Å². The molecule has 1 aromatic rings. The monoisotopic (exact) mass is 228 g/mol. The molecule has 0 spiro atoms. The van der Waals surface area contributed by atoms with Crippen LogP contribution in [0.2, 0.25) is 0 Å². The maximum atomic E-state index is 11.1. The Morgan fingerprint density at radius 3 is 2.93 bits per heavy atom. The van der Waals surface area contributed by atoms with E-state index < -0.39 is 0 Å². The Kier molecular flexibility index (Phi) is 4.55. The second-order valence-corrected chi connectivity index (χ2v) is 4.55. The first-order valence-corrected chi connectivity index (χ1v) is 5.81. The number of ether oxygens (including phenoxy) is 1. The van der Waals surface area contributed by atoms with E-state index in [-0.39, 0.29) is 12.2 Å². The molecule has 0 aromatic carbocycles. The zero-order valence-corrected chi connectivity index (χ0v) is 10.1. The van der Waals surface area contributed by atoms with E-state index in [9.17, 15) is 4.79 Å². The molecule has 84 valence electrons. The molecule has 1 rings (SSSR count). The third-order valence-electron chi connectivity index (χ3n) is 1.66. The molecule has 0 atom stereocenters. The average molecular weight is 228 g/mol. The van der Waals surface area contributed by atoms with E-state index in [2.05, 4.69) is 10.3 Å². The molecule has 1 amide bonds. The highest BCUT2D eigenvalue weighted by molar-refractivity contribution is 7.09. The SMILES string of the molecule is Cc1nc(CCNC(=O)OC(C)C)cs1. The summed E-state index contributed by atoms with van der Waals surface area (Å²) >= 11 is 1.62. The Labute approximate surface area is 93.7 Å². The Balaban J connectivity index is 2.19. The van der Waals surface area contributed by atoms with Crippen molar-refractivity contribution in [2.75, 3.05) is 6.54 Å². The molecule has 1 aromatic heterocycles. The zero-order valence-electron chi connectivity index (χ0n) is 9.24. The van der Waals surface area contributed by atoms with Crippen molar-refractivity contribution >= 4 is 17.4 Å². The normalized spacial score (nSPS) is 10.4. The Morgan fingerprint density at radius 2 is 2.40 bits per heavy atom. The van der Waals surface area contributed by atoms with Gasteiger partial charge in [0.2, 0.25) is 0 Å². The first kappa shape index (κ1) is 12.0. The van der Waals surface area contributed by atoms with Crippen molar-refractivity contribution in [3.63, 3.8) is 0 Å². The Hall–Kier alpha value is -1.10. The van der Waals surface area contributed by atoms with Gasteiger partial charge in [-0.3, -0.25) is 0 Å². The van der Waals surface area contributed by atoms with Gasteiger partial charge in [-0.15, -0.1) is 11.3 Å². The lowest BCUT2D eigenvalue weighted by Gasteiger charge is -2.08. The number of thiazole rings is 1. The quantitative estimate of drug-likeness (QED) is 0.859. The van der Waals surface area contributed by atoms with Gasteiger partial charge in [0, 0.05) is 18.3 Å². The van der Waals surface area contributed by atoms with E-state index >= 15 is 0 Å². The summed E-state index contributed by atoms with van der Waals surface area (Å²) in [6.45, 7) is 6.18. The first-order valence-electron chi connectivity index (χ1n) is 4.93. The molecule has 0 saturated carbocycles. The van der Waals surface area contributed by atoms with E-state index in [1.165, 1.54) is 0 Å². The van der Waals surface area contributed by atoms with Crippen molar-refractivity contribution in [3.8, 4) is 0 Å². The van der Waals surface area contributed by atoms with Gasteiger partial charge in [-0.2, -0.15) is 0 Å². The predicted octanol–water partition coefficient (Wildman–Crippen LogP) is 2.13. The van der Waals surface area contributed by atoms with Gasteiger partial charge in [0.1, 0.15) is 0 Å². The molecule has 1 heterocycles. The summed E-state index contributed by atoms with van der Waals surface area (Å²) in [7, 11) is 0. The lowest BCUT2D eigenvalue weighted by molar-refractivity contribution is 0.116. The fraction of sp³-hybridized carbons (Fsp3) is 0.600. The molecule has 0 fully saturated rings. The highest BCUT2D eigenvalue weighted by Crippen LogP contribution is 2.07. The summed E-state index contributed by atoms with van der Waals surface area (Å²) in [4.78, 5) is 15.4. The summed E-state index contributed by atoms with van der Waals surface area (Å²) in [6, 6.07) is 0. The van der Waals surface area contributed by atoms with Crippen molar-refractivity contribution in [2.24, 2.45) is 0 Å². The van der Waals surface area contributed by atoms with Gasteiger partial charge in [0.25, 0.3) is 0 Å². The van der Waals surface area contributed by atoms with E-state index in [1.54, 1.807) is 11.3 Å². The highest BCUT2D eigenvalue weighted by atomic mass is 32.1.